The molecule has 0 aliphatic heterocycles. The van der Waals surface area contributed by atoms with Crippen molar-refractivity contribution in [3.8, 4) is 11.5 Å². The van der Waals surface area contributed by atoms with E-state index in [0.29, 0.717) is 12.4 Å². The van der Waals surface area contributed by atoms with Gasteiger partial charge in [-0.05, 0) is 42.0 Å². The number of rotatable bonds is 9. The van der Waals surface area contributed by atoms with Crippen LogP contribution in [0.5, 0.6) is 11.5 Å². The number of alkyl halides is 2. The minimum absolute atomic E-state index is 0.0793. The van der Waals surface area contributed by atoms with Crippen LogP contribution in [0.2, 0.25) is 0 Å². The fraction of sp³-hybridized carbons (Fsp3) is 0.200. The number of aromatic nitrogens is 2. The molecule has 1 aromatic heterocycles. The lowest BCUT2D eigenvalue weighted by Crippen LogP contribution is -2.30. The molecule has 0 radical (unpaired) electrons. The van der Waals surface area contributed by atoms with Crippen LogP contribution in [0, 0.1) is 0 Å². The number of para-hydroxylation sites is 3. The van der Waals surface area contributed by atoms with Crippen LogP contribution in [0.25, 0.3) is 11.0 Å². The number of halogens is 2. The van der Waals surface area contributed by atoms with Gasteiger partial charge < -0.3 is 18.9 Å². The Bertz CT molecular complexity index is 1210. The Morgan fingerprint density at radius 3 is 2.39 bits per heavy atom. The summed E-state index contributed by atoms with van der Waals surface area (Å²) in [6.45, 7) is -2.22. The molecule has 0 unspecified atom stereocenters. The van der Waals surface area contributed by atoms with Gasteiger partial charge in [0.15, 0.2) is 0 Å². The molecule has 0 saturated heterocycles. The average molecular weight is 451 g/mol. The van der Waals surface area contributed by atoms with E-state index >= 15 is 0 Å². The van der Waals surface area contributed by atoms with Gasteiger partial charge in [-0.2, -0.15) is 8.78 Å². The molecule has 0 atom stereocenters. The van der Waals surface area contributed by atoms with Crippen molar-refractivity contribution in [2.24, 2.45) is 0 Å². The topological polar surface area (TPSA) is 56.6 Å². The number of ether oxygens (including phenoxy) is 2. The van der Waals surface area contributed by atoms with E-state index in [1.807, 2.05) is 59.2 Å². The normalized spacial score (nSPS) is 11.0. The van der Waals surface area contributed by atoms with E-state index in [9.17, 15) is 13.6 Å². The molecule has 8 heteroatoms. The summed E-state index contributed by atoms with van der Waals surface area (Å²) in [5, 5.41) is 0. The number of fused-ring (bicyclic) bond motifs is 1. The number of carbonyl (C=O) groups excluding carboxylic acids is 1. The molecule has 4 aromatic rings. The summed E-state index contributed by atoms with van der Waals surface area (Å²) in [6.07, 6.45) is 0. The van der Waals surface area contributed by atoms with Crippen LogP contribution in [-0.4, -0.2) is 34.0 Å². The van der Waals surface area contributed by atoms with E-state index in [1.54, 1.807) is 24.1 Å². The Labute approximate surface area is 190 Å². The van der Waals surface area contributed by atoms with Crippen LogP contribution in [0.4, 0.5) is 8.78 Å². The molecule has 0 saturated carbocycles. The Kier molecular flexibility index (Phi) is 6.83. The highest BCUT2D eigenvalue weighted by Crippen LogP contribution is 2.20. The van der Waals surface area contributed by atoms with E-state index in [2.05, 4.69) is 9.72 Å². The number of carbonyl (C=O) groups is 1. The fourth-order valence-electron chi connectivity index (χ4n) is 3.47. The highest BCUT2D eigenvalue weighted by Gasteiger charge is 2.17. The van der Waals surface area contributed by atoms with E-state index in [1.165, 1.54) is 12.1 Å². The summed E-state index contributed by atoms with van der Waals surface area (Å²) < 4.78 is 36.7. The summed E-state index contributed by atoms with van der Waals surface area (Å²) in [7, 11) is 1.70. The number of amides is 1. The standard InChI is InChI=1S/C25H23F2N3O3/c1-29(15-18-11-13-20(14-12-18)33-25(26)27)24(31)16-30-22-10-6-5-9-21(22)28-23(30)17-32-19-7-3-2-4-8-19/h2-14,25H,15-17H2,1H3. The molecule has 0 bridgehead atoms. The monoisotopic (exact) mass is 451 g/mol. The van der Waals surface area contributed by atoms with Gasteiger partial charge in [0.25, 0.3) is 0 Å². The minimum Gasteiger partial charge on any atom is -0.486 e. The van der Waals surface area contributed by atoms with Gasteiger partial charge in [-0.25, -0.2) is 4.98 Å². The number of benzene rings is 3. The van der Waals surface area contributed by atoms with Crippen LogP contribution in [-0.2, 0) is 24.5 Å². The maximum Gasteiger partial charge on any atom is 0.387 e. The van der Waals surface area contributed by atoms with E-state index in [4.69, 9.17) is 4.74 Å². The molecule has 1 heterocycles. The zero-order valence-corrected chi connectivity index (χ0v) is 18.0. The Morgan fingerprint density at radius 2 is 1.67 bits per heavy atom. The van der Waals surface area contributed by atoms with Gasteiger partial charge in [-0.3, -0.25) is 4.79 Å². The first-order chi connectivity index (χ1) is 16.0. The molecule has 1 amide bonds. The predicted molar refractivity (Wildman–Crippen MR) is 120 cm³/mol. The van der Waals surface area contributed by atoms with Crippen molar-refractivity contribution >= 4 is 16.9 Å². The Balaban J connectivity index is 1.47. The molecular weight excluding hydrogens is 428 g/mol. The van der Waals surface area contributed by atoms with Crippen molar-refractivity contribution in [2.75, 3.05) is 7.05 Å². The molecule has 4 rings (SSSR count). The minimum atomic E-state index is -2.87. The fourth-order valence-corrected chi connectivity index (χ4v) is 3.47. The zero-order chi connectivity index (χ0) is 23.2. The van der Waals surface area contributed by atoms with Crippen molar-refractivity contribution in [3.63, 3.8) is 0 Å². The van der Waals surface area contributed by atoms with Gasteiger partial charge >= 0.3 is 6.61 Å². The number of likely N-dealkylation sites (N-methyl/N-ethyl adjacent to an activating group) is 1. The van der Waals surface area contributed by atoms with E-state index in [0.717, 1.165) is 22.3 Å². The molecular formula is C25H23F2N3O3. The summed E-state index contributed by atoms with van der Waals surface area (Å²) in [6, 6.07) is 23.3. The van der Waals surface area contributed by atoms with Crippen molar-refractivity contribution in [3.05, 3.63) is 90.3 Å². The van der Waals surface area contributed by atoms with Crippen molar-refractivity contribution in [1.29, 1.82) is 0 Å². The number of nitrogens with zero attached hydrogens (tertiary/aromatic N) is 3. The summed E-state index contributed by atoms with van der Waals surface area (Å²) in [5.41, 5.74) is 2.43. The second kappa shape index (κ2) is 10.1. The Morgan fingerprint density at radius 1 is 0.970 bits per heavy atom. The number of hydrogen-bond acceptors (Lipinski definition) is 4. The smallest absolute Gasteiger partial charge is 0.387 e. The van der Waals surface area contributed by atoms with E-state index in [-0.39, 0.29) is 24.8 Å². The van der Waals surface area contributed by atoms with Gasteiger partial charge in [0, 0.05) is 13.6 Å². The second-order valence-corrected chi connectivity index (χ2v) is 7.48. The van der Waals surface area contributed by atoms with Crippen LogP contribution < -0.4 is 9.47 Å². The molecule has 170 valence electrons. The highest BCUT2D eigenvalue weighted by atomic mass is 19.3. The molecule has 0 aliphatic carbocycles. The van der Waals surface area contributed by atoms with E-state index < -0.39 is 6.61 Å². The lowest BCUT2D eigenvalue weighted by atomic mass is 10.2. The second-order valence-electron chi connectivity index (χ2n) is 7.48. The zero-order valence-electron chi connectivity index (χ0n) is 18.0. The molecule has 0 aliphatic rings. The highest BCUT2D eigenvalue weighted by molar-refractivity contribution is 5.81. The first-order valence-corrected chi connectivity index (χ1v) is 10.4. The number of imidazole rings is 1. The first kappa shape index (κ1) is 22.3. The predicted octanol–water partition coefficient (Wildman–Crippen LogP) is 4.88. The van der Waals surface area contributed by atoms with Gasteiger partial charge in [-0.1, -0.05) is 42.5 Å². The summed E-state index contributed by atoms with van der Waals surface area (Å²) in [4.78, 5) is 19.2. The van der Waals surface area contributed by atoms with Gasteiger partial charge in [0.2, 0.25) is 5.91 Å². The van der Waals surface area contributed by atoms with Crippen LogP contribution in [0.3, 0.4) is 0 Å². The molecule has 0 N–H and O–H groups in total. The van der Waals surface area contributed by atoms with Crippen LogP contribution >= 0.6 is 0 Å². The molecule has 0 fully saturated rings. The quantitative estimate of drug-likeness (QED) is 0.364. The molecule has 3 aromatic carbocycles. The average Bonchev–Trinajstić information content (AvgIpc) is 3.16. The maximum absolute atomic E-state index is 13.0. The van der Waals surface area contributed by atoms with Gasteiger partial charge in [-0.15, -0.1) is 0 Å². The van der Waals surface area contributed by atoms with Crippen molar-refractivity contribution in [1.82, 2.24) is 14.5 Å². The lowest BCUT2D eigenvalue weighted by molar-refractivity contribution is -0.131. The number of hydrogen-bond donors (Lipinski definition) is 0. The molecule has 33 heavy (non-hydrogen) atoms. The summed E-state index contributed by atoms with van der Waals surface area (Å²) >= 11 is 0. The first-order valence-electron chi connectivity index (χ1n) is 10.4. The SMILES string of the molecule is CN(Cc1ccc(OC(F)F)cc1)C(=O)Cn1c(COc2ccccc2)nc2ccccc21. The third kappa shape index (κ3) is 5.65. The third-order valence-electron chi connectivity index (χ3n) is 5.13. The summed E-state index contributed by atoms with van der Waals surface area (Å²) in [5.74, 6) is 1.33. The Hall–Kier alpha value is -3.94. The third-order valence-corrected chi connectivity index (χ3v) is 5.13. The van der Waals surface area contributed by atoms with Crippen molar-refractivity contribution in [2.45, 2.75) is 26.3 Å². The maximum atomic E-state index is 13.0. The lowest BCUT2D eigenvalue weighted by Gasteiger charge is -2.19. The van der Waals surface area contributed by atoms with Crippen molar-refractivity contribution < 1.29 is 23.0 Å². The van der Waals surface area contributed by atoms with Gasteiger partial charge in [0.05, 0.1) is 11.0 Å². The molecule has 0 spiro atoms. The van der Waals surface area contributed by atoms with Crippen LogP contribution in [0.1, 0.15) is 11.4 Å². The van der Waals surface area contributed by atoms with Crippen LogP contribution in [0.15, 0.2) is 78.9 Å². The van der Waals surface area contributed by atoms with Gasteiger partial charge in [0.1, 0.15) is 30.5 Å². The largest absolute Gasteiger partial charge is 0.486 e. The molecule has 6 nitrogen and oxygen atoms in total.